The third-order valence-corrected chi connectivity index (χ3v) is 7.55. The Kier molecular flexibility index (Phi) is 16.6. The minimum atomic E-state index is -2.16. The fourth-order valence-corrected chi connectivity index (χ4v) is 5.06. The predicted molar refractivity (Wildman–Crippen MR) is 159 cm³/mol. The largest absolute Gasteiger partial charge is 0.480 e. The van der Waals surface area contributed by atoms with Crippen LogP contribution in [0.15, 0.2) is 0 Å². The van der Waals surface area contributed by atoms with Crippen LogP contribution in [0.1, 0.15) is 44.9 Å². The van der Waals surface area contributed by atoms with E-state index in [9.17, 15) is 43.7 Å². The molecule has 1 unspecified atom stereocenters. The van der Waals surface area contributed by atoms with Crippen LogP contribution in [0.25, 0.3) is 0 Å². The Labute approximate surface area is 257 Å². The molecule has 0 aromatic carbocycles. The second kappa shape index (κ2) is 19.9. The van der Waals surface area contributed by atoms with E-state index in [0.29, 0.717) is 84.6 Å². The van der Waals surface area contributed by atoms with Gasteiger partial charge in [-0.05, 0) is 25.7 Å². The molecule has 2 amide bonds. The third kappa shape index (κ3) is 15.4. The van der Waals surface area contributed by atoms with E-state index in [1.807, 2.05) is 4.90 Å². The van der Waals surface area contributed by atoms with Gasteiger partial charge in [0.25, 0.3) is 5.91 Å². The molecule has 0 bridgehead atoms. The fourth-order valence-electron chi connectivity index (χ4n) is 5.06. The van der Waals surface area contributed by atoms with Crippen LogP contribution in [0.2, 0.25) is 0 Å². The molecule has 15 heteroatoms. The lowest BCUT2D eigenvalue weighted by atomic mass is 9.94. The molecule has 1 heterocycles. The van der Waals surface area contributed by atoms with Crippen LogP contribution in [0, 0.1) is 11.8 Å². The zero-order valence-corrected chi connectivity index (χ0v) is 25.4. The van der Waals surface area contributed by atoms with E-state index < -0.39 is 29.5 Å². The van der Waals surface area contributed by atoms with E-state index in [0.717, 1.165) is 12.8 Å². The number of carboxylic acids is 3. The molecule has 44 heavy (non-hydrogen) atoms. The summed E-state index contributed by atoms with van der Waals surface area (Å²) in [5.74, 6) is 1.20. The second-order valence-electron chi connectivity index (χ2n) is 11.3. The van der Waals surface area contributed by atoms with E-state index in [2.05, 4.69) is 22.5 Å². The van der Waals surface area contributed by atoms with E-state index in [1.165, 1.54) is 0 Å². The molecule has 0 radical (unpaired) electrons. The first-order chi connectivity index (χ1) is 21.0. The average Bonchev–Trinajstić information content (AvgIpc) is 2.93. The van der Waals surface area contributed by atoms with E-state index in [4.69, 9.17) is 0 Å². The topological polar surface area (TPSA) is 183 Å². The lowest BCUT2D eigenvalue weighted by Gasteiger charge is -2.32. The number of rotatable bonds is 14. The Morgan fingerprint density at radius 3 is 1.52 bits per heavy atom. The number of aliphatic carboxylic acids is 3. The molecular formula is C29H47FN6O8. The minimum Gasteiger partial charge on any atom is -0.480 e. The highest BCUT2D eigenvalue weighted by atomic mass is 19.1. The van der Waals surface area contributed by atoms with Crippen molar-refractivity contribution in [3.05, 3.63) is 0 Å². The van der Waals surface area contributed by atoms with Crippen molar-refractivity contribution >= 4 is 29.7 Å². The van der Waals surface area contributed by atoms with Crippen LogP contribution in [0.4, 0.5) is 4.39 Å². The van der Waals surface area contributed by atoms with Crippen molar-refractivity contribution < 1.29 is 43.7 Å². The van der Waals surface area contributed by atoms with Crippen LogP contribution in [0.5, 0.6) is 0 Å². The molecule has 1 fully saturated rings. The Morgan fingerprint density at radius 1 is 0.636 bits per heavy atom. The van der Waals surface area contributed by atoms with E-state index in [1.54, 1.807) is 14.7 Å². The fraction of sp³-hybridized carbons (Fsp3) is 0.759. The summed E-state index contributed by atoms with van der Waals surface area (Å²) in [6, 6.07) is 0. The van der Waals surface area contributed by atoms with Gasteiger partial charge in [0.15, 0.2) is 0 Å². The highest BCUT2D eigenvalue weighted by molar-refractivity contribution is 5.88. The van der Waals surface area contributed by atoms with Crippen molar-refractivity contribution in [2.75, 3.05) is 91.6 Å². The van der Waals surface area contributed by atoms with Crippen molar-refractivity contribution in [1.29, 1.82) is 0 Å². The molecule has 2 rings (SSSR count). The summed E-state index contributed by atoms with van der Waals surface area (Å²) in [5.41, 5.74) is -2.16. The van der Waals surface area contributed by atoms with Gasteiger partial charge in [0.2, 0.25) is 11.6 Å². The monoisotopic (exact) mass is 626 g/mol. The summed E-state index contributed by atoms with van der Waals surface area (Å²) in [4.78, 5) is 66.1. The molecule has 0 aromatic rings. The van der Waals surface area contributed by atoms with Crippen molar-refractivity contribution in [2.45, 2.75) is 50.6 Å². The number of halogens is 1. The van der Waals surface area contributed by atoms with Gasteiger partial charge in [-0.2, -0.15) is 0 Å². The van der Waals surface area contributed by atoms with Gasteiger partial charge in [-0.25, -0.2) is 4.39 Å². The zero-order chi connectivity index (χ0) is 32.4. The molecule has 0 spiro atoms. The summed E-state index contributed by atoms with van der Waals surface area (Å²) in [7, 11) is 0. The number of alkyl halides is 1. The molecule has 1 saturated heterocycles. The molecule has 1 aliphatic carbocycles. The Bertz CT molecular complexity index is 1010. The van der Waals surface area contributed by atoms with Crippen molar-refractivity contribution in [2.24, 2.45) is 0 Å². The number of hydrogen-bond donors (Lipinski definition) is 5. The van der Waals surface area contributed by atoms with Gasteiger partial charge in [0.1, 0.15) is 0 Å². The normalized spacial score (nSPS) is 21.8. The SMILES string of the molecule is O=C(O)CN1CCN(CC(=O)O)CCN(CC(=O)NCCCCNC(=O)C2(F)C#CCCCCC2)CCN(CC(=O)O)CC1. The summed E-state index contributed by atoms with van der Waals surface area (Å²) in [5, 5.41) is 33.4. The van der Waals surface area contributed by atoms with Gasteiger partial charge >= 0.3 is 17.9 Å². The molecule has 14 nitrogen and oxygen atoms in total. The van der Waals surface area contributed by atoms with Crippen LogP contribution < -0.4 is 10.6 Å². The Hall–Kier alpha value is -3.32. The number of unbranched alkanes of at least 4 members (excludes halogenated alkanes) is 1. The smallest absolute Gasteiger partial charge is 0.317 e. The molecule has 0 saturated carbocycles. The zero-order valence-electron chi connectivity index (χ0n) is 25.4. The minimum absolute atomic E-state index is 0.0206. The molecule has 1 aliphatic heterocycles. The van der Waals surface area contributed by atoms with Gasteiger partial charge in [-0.15, -0.1) is 0 Å². The maximum atomic E-state index is 15.0. The maximum absolute atomic E-state index is 15.0. The third-order valence-electron chi connectivity index (χ3n) is 7.55. The number of nitrogens with one attached hydrogen (secondary N) is 2. The number of carboxylic acid groups (broad SMARTS) is 3. The molecule has 1 atom stereocenters. The highest BCUT2D eigenvalue weighted by Gasteiger charge is 2.36. The van der Waals surface area contributed by atoms with Gasteiger partial charge in [-0.3, -0.25) is 43.6 Å². The van der Waals surface area contributed by atoms with Gasteiger partial charge in [0.05, 0.1) is 26.2 Å². The number of carbonyl (C=O) groups excluding carboxylic acids is 2. The summed E-state index contributed by atoms with van der Waals surface area (Å²) in [6.45, 7) is 2.42. The number of nitrogens with zero attached hydrogens (tertiary/aromatic N) is 4. The van der Waals surface area contributed by atoms with E-state index in [-0.39, 0.29) is 45.1 Å². The molecule has 5 N–H and O–H groups in total. The summed E-state index contributed by atoms with van der Waals surface area (Å²) >= 11 is 0. The van der Waals surface area contributed by atoms with Crippen LogP contribution >= 0.6 is 0 Å². The first-order valence-electron chi connectivity index (χ1n) is 15.3. The molecule has 248 valence electrons. The lowest BCUT2D eigenvalue weighted by Crippen LogP contribution is -2.49. The average molecular weight is 627 g/mol. The van der Waals surface area contributed by atoms with Crippen molar-refractivity contribution in [3.8, 4) is 11.8 Å². The van der Waals surface area contributed by atoms with Crippen LogP contribution in [0.3, 0.4) is 0 Å². The Balaban J connectivity index is 1.86. The van der Waals surface area contributed by atoms with Crippen molar-refractivity contribution in [1.82, 2.24) is 30.2 Å². The highest BCUT2D eigenvalue weighted by Crippen LogP contribution is 2.22. The van der Waals surface area contributed by atoms with Gasteiger partial charge < -0.3 is 26.0 Å². The number of amides is 2. The van der Waals surface area contributed by atoms with E-state index >= 15 is 0 Å². The van der Waals surface area contributed by atoms with Gasteiger partial charge in [-0.1, -0.05) is 18.3 Å². The maximum Gasteiger partial charge on any atom is 0.317 e. The first-order valence-corrected chi connectivity index (χ1v) is 15.3. The van der Waals surface area contributed by atoms with Crippen molar-refractivity contribution in [3.63, 3.8) is 0 Å². The van der Waals surface area contributed by atoms with Crippen LogP contribution in [-0.4, -0.2) is 162 Å². The molecular weight excluding hydrogens is 579 g/mol. The Morgan fingerprint density at radius 2 is 1.07 bits per heavy atom. The first kappa shape index (κ1) is 36.9. The number of hydrogen-bond acceptors (Lipinski definition) is 9. The predicted octanol–water partition coefficient (Wildman–Crippen LogP) is -0.850. The van der Waals surface area contributed by atoms with Gasteiger partial charge in [0, 0.05) is 78.3 Å². The summed E-state index contributed by atoms with van der Waals surface area (Å²) in [6.07, 6.45) is 4.14. The number of carbonyl (C=O) groups is 5. The summed E-state index contributed by atoms with van der Waals surface area (Å²) < 4.78 is 15.0. The van der Waals surface area contributed by atoms with Crippen LogP contribution in [-0.2, 0) is 24.0 Å². The quantitative estimate of drug-likeness (QED) is 0.119. The molecule has 2 aliphatic rings. The lowest BCUT2D eigenvalue weighted by molar-refractivity contribution is -0.140. The molecule has 0 aromatic heterocycles. The standard InChI is InChI=1S/C29H47FN6O8/c30-29(8-4-2-1-3-5-9-29)28(44)32-11-7-6-10-31-24(37)20-33-12-14-34(21-25(38)39)16-18-36(23-27(42)43)19-17-35(15-13-33)22-26(40)41/h1-4,6-8,10-23H2,(H,31,37)(H,32,44)(H,38,39)(H,40,41)(H,42,43). The second-order valence-corrected chi connectivity index (χ2v) is 11.3.